The van der Waals surface area contributed by atoms with Gasteiger partial charge >= 0.3 is 0 Å². The molecule has 4 nitrogen and oxygen atoms in total. The van der Waals surface area contributed by atoms with Crippen LogP contribution in [0.3, 0.4) is 0 Å². The molecule has 0 aliphatic carbocycles. The molecule has 0 saturated carbocycles. The van der Waals surface area contributed by atoms with Crippen LogP contribution in [0.2, 0.25) is 0 Å². The molecule has 5 heteroatoms. The zero-order valence-corrected chi connectivity index (χ0v) is 8.89. The van der Waals surface area contributed by atoms with Crippen LogP contribution in [-0.4, -0.2) is 34.5 Å². The number of rotatable bonds is 5. The third-order valence-corrected chi connectivity index (χ3v) is 2.72. The highest BCUT2D eigenvalue weighted by molar-refractivity contribution is 7.85. The lowest BCUT2D eigenvalue weighted by atomic mass is 9.82. The molecule has 0 aromatic carbocycles. The summed E-state index contributed by atoms with van der Waals surface area (Å²) >= 11 is 0. The van der Waals surface area contributed by atoms with Crippen LogP contribution in [0.1, 0.15) is 19.8 Å². The zero-order chi connectivity index (χ0) is 9.95. The van der Waals surface area contributed by atoms with Gasteiger partial charge in [-0.1, -0.05) is 13.3 Å². The second kappa shape index (κ2) is 3.94. The Bertz CT molecular complexity index is 253. The highest BCUT2D eigenvalue weighted by Crippen LogP contribution is 2.33. The molecule has 13 heavy (non-hydrogen) atoms. The van der Waals surface area contributed by atoms with Gasteiger partial charge in [0, 0.05) is 5.41 Å². The molecule has 1 aliphatic rings. The van der Waals surface area contributed by atoms with E-state index in [0.717, 1.165) is 19.1 Å². The van der Waals surface area contributed by atoms with E-state index in [4.69, 9.17) is 8.92 Å². The molecule has 78 valence electrons. The molecule has 0 atom stereocenters. The molecule has 1 fully saturated rings. The smallest absolute Gasteiger partial charge is 0.264 e. The summed E-state index contributed by atoms with van der Waals surface area (Å²) in [5.41, 5.74) is -0.0438. The summed E-state index contributed by atoms with van der Waals surface area (Å²) in [5, 5.41) is 0. The van der Waals surface area contributed by atoms with E-state index in [1.807, 2.05) is 0 Å². The third kappa shape index (κ3) is 3.25. The Morgan fingerprint density at radius 3 is 2.38 bits per heavy atom. The van der Waals surface area contributed by atoms with Crippen molar-refractivity contribution in [1.82, 2.24) is 0 Å². The van der Waals surface area contributed by atoms with Gasteiger partial charge in [-0.15, -0.1) is 0 Å². The highest BCUT2D eigenvalue weighted by atomic mass is 32.2. The molecule has 0 spiro atoms. The van der Waals surface area contributed by atoms with Crippen molar-refractivity contribution in [2.75, 3.05) is 26.1 Å². The molecule has 0 aromatic rings. The average Bonchev–Trinajstić information content (AvgIpc) is 1.92. The maximum absolute atomic E-state index is 10.8. The van der Waals surface area contributed by atoms with E-state index in [1.165, 1.54) is 0 Å². The predicted molar refractivity (Wildman–Crippen MR) is 49.0 cm³/mol. The monoisotopic (exact) mass is 208 g/mol. The zero-order valence-electron chi connectivity index (χ0n) is 8.08. The lowest BCUT2D eigenvalue weighted by Gasteiger charge is -2.40. The minimum atomic E-state index is -3.31. The molecular formula is C8H16O4S. The Kier molecular flexibility index (Phi) is 3.32. The number of ether oxygens (including phenoxy) is 1. The molecule has 0 N–H and O–H groups in total. The Balaban J connectivity index is 2.41. The summed E-state index contributed by atoms with van der Waals surface area (Å²) in [5.74, 6) is 0. The van der Waals surface area contributed by atoms with Crippen molar-refractivity contribution in [3.8, 4) is 0 Å². The summed E-state index contributed by atoms with van der Waals surface area (Å²) in [4.78, 5) is 0. The molecule has 0 unspecified atom stereocenters. The van der Waals surface area contributed by atoms with Crippen LogP contribution in [0, 0.1) is 5.41 Å². The molecule has 0 bridgehead atoms. The molecular weight excluding hydrogens is 192 g/mol. The van der Waals surface area contributed by atoms with E-state index in [0.29, 0.717) is 13.2 Å². The lowest BCUT2D eigenvalue weighted by Crippen LogP contribution is -2.46. The Morgan fingerprint density at radius 1 is 1.46 bits per heavy atom. The van der Waals surface area contributed by atoms with Crippen molar-refractivity contribution in [3.63, 3.8) is 0 Å². The van der Waals surface area contributed by atoms with Gasteiger partial charge in [0.15, 0.2) is 0 Å². The first-order valence-electron chi connectivity index (χ1n) is 4.40. The Hall–Kier alpha value is -0.130. The van der Waals surface area contributed by atoms with Crippen molar-refractivity contribution in [1.29, 1.82) is 0 Å². The lowest BCUT2D eigenvalue weighted by molar-refractivity contribution is -0.135. The van der Waals surface area contributed by atoms with E-state index in [1.54, 1.807) is 0 Å². The van der Waals surface area contributed by atoms with E-state index >= 15 is 0 Å². The molecule has 0 radical (unpaired) electrons. The number of hydrogen-bond donors (Lipinski definition) is 0. The minimum absolute atomic E-state index is 0.0438. The van der Waals surface area contributed by atoms with Gasteiger partial charge in [0.05, 0.1) is 26.1 Å². The van der Waals surface area contributed by atoms with Crippen molar-refractivity contribution < 1.29 is 17.3 Å². The summed E-state index contributed by atoms with van der Waals surface area (Å²) < 4.78 is 31.4. The Labute approximate surface area is 79.3 Å². The number of hydrogen-bond acceptors (Lipinski definition) is 4. The summed E-state index contributed by atoms with van der Waals surface area (Å²) in [6, 6.07) is 0. The van der Waals surface area contributed by atoms with Crippen molar-refractivity contribution >= 4 is 10.1 Å². The maximum atomic E-state index is 10.8. The van der Waals surface area contributed by atoms with Crippen molar-refractivity contribution in [2.45, 2.75) is 19.8 Å². The molecule has 1 rings (SSSR count). The second-order valence-electron chi connectivity index (χ2n) is 3.71. The fraction of sp³-hybridized carbons (Fsp3) is 1.00. The SMILES string of the molecule is CCCC1(COS(C)(=O)=O)COC1. The van der Waals surface area contributed by atoms with E-state index in [9.17, 15) is 8.42 Å². The van der Waals surface area contributed by atoms with E-state index < -0.39 is 10.1 Å². The molecule has 0 amide bonds. The van der Waals surface area contributed by atoms with Crippen LogP contribution in [0.5, 0.6) is 0 Å². The van der Waals surface area contributed by atoms with Gasteiger partial charge in [-0.3, -0.25) is 4.18 Å². The van der Waals surface area contributed by atoms with Crippen LogP contribution in [0.4, 0.5) is 0 Å². The summed E-state index contributed by atoms with van der Waals surface area (Å²) in [6.07, 6.45) is 3.06. The molecule has 1 aliphatic heterocycles. The minimum Gasteiger partial charge on any atom is -0.380 e. The van der Waals surface area contributed by atoms with Gasteiger partial charge < -0.3 is 4.74 Å². The first-order chi connectivity index (χ1) is 5.97. The van der Waals surface area contributed by atoms with Gasteiger partial charge in [-0.2, -0.15) is 8.42 Å². The van der Waals surface area contributed by atoms with Crippen molar-refractivity contribution in [2.24, 2.45) is 5.41 Å². The van der Waals surface area contributed by atoms with Crippen LogP contribution in [0.25, 0.3) is 0 Å². The highest BCUT2D eigenvalue weighted by Gasteiger charge is 2.38. The van der Waals surface area contributed by atoms with Gasteiger partial charge in [0.25, 0.3) is 10.1 Å². The Morgan fingerprint density at radius 2 is 2.08 bits per heavy atom. The van der Waals surface area contributed by atoms with Crippen LogP contribution < -0.4 is 0 Å². The first kappa shape index (κ1) is 10.9. The largest absolute Gasteiger partial charge is 0.380 e. The third-order valence-electron chi connectivity index (χ3n) is 2.18. The fourth-order valence-electron chi connectivity index (χ4n) is 1.45. The van der Waals surface area contributed by atoms with Gasteiger partial charge in [-0.25, -0.2) is 0 Å². The standard InChI is InChI=1S/C8H16O4S/c1-3-4-8(5-11-6-8)7-12-13(2,9)10/h3-7H2,1-2H3. The normalized spacial score (nSPS) is 21.1. The molecule has 0 aromatic heterocycles. The van der Waals surface area contributed by atoms with Crippen LogP contribution in [0.15, 0.2) is 0 Å². The maximum Gasteiger partial charge on any atom is 0.264 e. The van der Waals surface area contributed by atoms with Crippen molar-refractivity contribution in [3.05, 3.63) is 0 Å². The van der Waals surface area contributed by atoms with Gasteiger partial charge in [0.2, 0.25) is 0 Å². The fourth-order valence-corrected chi connectivity index (χ4v) is 1.92. The van der Waals surface area contributed by atoms with Gasteiger partial charge in [0.1, 0.15) is 0 Å². The second-order valence-corrected chi connectivity index (χ2v) is 5.35. The summed E-state index contributed by atoms with van der Waals surface area (Å²) in [6.45, 7) is 3.58. The van der Waals surface area contributed by atoms with E-state index in [2.05, 4.69) is 6.92 Å². The molecule has 1 heterocycles. The average molecular weight is 208 g/mol. The van der Waals surface area contributed by atoms with Crippen LogP contribution in [-0.2, 0) is 19.0 Å². The van der Waals surface area contributed by atoms with E-state index in [-0.39, 0.29) is 12.0 Å². The van der Waals surface area contributed by atoms with Crippen LogP contribution >= 0.6 is 0 Å². The predicted octanol–water partition coefficient (Wildman–Crippen LogP) is 0.779. The topological polar surface area (TPSA) is 52.6 Å². The molecule has 1 saturated heterocycles. The quantitative estimate of drug-likeness (QED) is 0.626. The summed E-state index contributed by atoms with van der Waals surface area (Å²) in [7, 11) is -3.31. The first-order valence-corrected chi connectivity index (χ1v) is 6.21. The van der Waals surface area contributed by atoms with Gasteiger partial charge in [-0.05, 0) is 6.42 Å².